The molecule has 264 valence electrons. The van der Waals surface area contributed by atoms with Gasteiger partial charge >= 0.3 is 12.0 Å². The molecular weight excluding hydrogens is 594 g/mol. The lowest BCUT2D eigenvalue weighted by Crippen LogP contribution is -2.68. The second-order valence-electron chi connectivity index (χ2n) is 18.1. The number of fused-ring (bicyclic) bond motifs is 7. The van der Waals surface area contributed by atoms with Crippen molar-refractivity contribution in [1.29, 1.82) is 0 Å². The molecule has 1 aromatic carbocycles. The molecule has 0 spiro atoms. The lowest BCUT2D eigenvalue weighted by Gasteiger charge is -2.72. The summed E-state index contributed by atoms with van der Waals surface area (Å²) in [5.41, 5.74) is 5.13. The lowest BCUT2D eigenvalue weighted by atomic mass is 9.33. The van der Waals surface area contributed by atoms with E-state index in [0.29, 0.717) is 41.7 Å². The molecule has 0 aromatic heterocycles. The van der Waals surface area contributed by atoms with E-state index in [1.165, 1.54) is 55.9 Å². The molecule has 0 aliphatic heterocycles. The average molecular weight is 658 g/mol. The molecule has 4 saturated carbocycles. The predicted octanol–water partition coefficient (Wildman–Crippen LogP) is 8.74. The van der Waals surface area contributed by atoms with Crippen LogP contribution in [-0.2, 0) is 4.74 Å². The first-order valence-electron chi connectivity index (χ1n) is 18.8. The van der Waals surface area contributed by atoms with Crippen LogP contribution in [-0.4, -0.2) is 56.7 Å². The van der Waals surface area contributed by atoms with E-state index in [9.17, 15) is 9.59 Å². The van der Waals surface area contributed by atoms with Gasteiger partial charge in [0.25, 0.3) is 0 Å². The SMILES string of the molecule is C=C(C)C1CCC2(NC(=O)NCCN(C)C)CCC3(C)C(CCC4C5(C)CC=C(c6ccc(C(=O)OC)cc6)C(C)(C)C5CCC43C)C12. The topological polar surface area (TPSA) is 70.7 Å². The van der Waals surface area contributed by atoms with Crippen LogP contribution in [0.3, 0.4) is 0 Å². The fraction of sp³-hybridized carbons (Fsp3) is 0.714. The van der Waals surface area contributed by atoms with E-state index >= 15 is 0 Å². The maximum Gasteiger partial charge on any atom is 0.337 e. The minimum absolute atomic E-state index is 0.00713. The van der Waals surface area contributed by atoms with Crippen molar-refractivity contribution in [2.75, 3.05) is 34.3 Å². The summed E-state index contributed by atoms with van der Waals surface area (Å²) in [4.78, 5) is 27.6. The highest BCUT2D eigenvalue weighted by Gasteiger charge is 2.70. The summed E-state index contributed by atoms with van der Waals surface area (Å²) in [5.74, 6) is 2.45. The number of hydrogen-bond donors (Lipinski definition) is 2. The van der Waals surface area contributed by atoms with Crippen LogP contribution in [0.15, 0.2) is 42.5 Å². The summed E-state index contributed by atoms with van der Waals surface area (Å²) in [7, 11) is 5.53. The van der Waals surface area contributed by atoms with E-state index in [-0.39, 0.29) is 39.2 Å². The minimum atomic E-state index is -0.284. The van der Waals surface area contributed by atoms with Crippen molar-refractivity contribution in [3.05, 3.63) is 53.6 Å². The largest absolute Gasteiger partial charge is 0.465 e. The molecule has 6 nitrogen and oxygen atoms in total. The fourth-order valence-corrected chi connectivity index (χ4v) is 13.0. The summed E-state index contributed by atoms with van der Waals surface area (Å²) < 4.78 is 4.96. The fourth-order valence-electron chi connectivity index (χ4n) is 13.0. The van der Waals surface area contributed by atoms with Gasteiger partial charge in [-0.05, 0) is 153 Å². The van der Waals surface area contributed by atoms with Crippen molar-refractivity contribution < 1.29 is 14.3 Å². The number of amides is 2. The van der Waals surface area contributed by atoms with Gasteiger partial charge in [0, 0.05) is 18.6 Å². The summed E-state index contributed by atoms with van der Waals surface area (Å²) in [6.07, 6.45) is 13.1. The molecular formula is C42H63N3O3. The third-order valence-electron chi connectivity index (χ3n) is 15.5. The van der Waals surface area contributed by atoms with E-state index in [0.717, 1.165) is 32.2 Å². The number of methoxy groups -OCH3 is 1. The van der Waals surface area contributed by atoms with Crippen LogP contribution in [0.2, 0.25) is 0 Å². The summed E-state index contributed by atoms with van der Waals surface area (Å²) >= 11 is 0. The van der Waals surface area contributed by atoms with Gasteiger partial charge in [-0.25, -0.2) is 9.59 Å². The Balaban J connectivity index is 1.29. The van der Waals surface area contributed by atoms with E-state index in [4.69, 9.17) is 4.74 Å². The summed E-state index contributed by atoms with van der Waals surface area (Å²) in [6.45, 7) is 21.2. The molecule has 4 fully saturated rings. The number of esters is 1. The standard InChI is InChI=1S/C42H63N3O3/c1-27(2)30-17-22-42(44-37(47)43-25-26-45(8)9)24-23-40(6)32(35(30)42)15-16-34-39(5)20-18-31(28-11-13-29(14-12-28)36(46)48-10)38(3,4)33(39)19-21-41(34,40)7/h11-14,18,30,32-35H,1,15-17,19-26H2,2-10H3,(H2,43,44,47). The zero-order valence-corrected chi connectivity index (χ0v) is 31.4. The number of nitrogens with one attached hydrogen (secondary N) is 2. The quantitative estimate of drug-likeness (QED) is 0.227. The van der Waals surface area contributed by atoms with Crippen LogP contribution in [0.4, 0.5) is 4.79 Å². The van der Waals surface area contributed by atoms with Gasteiger partial charge in [-0.1, -0.05) is 65.0 Å². The molecule has 5 aliphatic rings. The maximum atomic E-state index is 13.4. The molecule has 5 aliphatic carbocycles. The van der Waals surface area contributed by atoms with Crippen molar-refractivity contribution in [3.8, 4) is 0 Å². The molecule has 0 bridgehead atoms. The molecule has 6 heteroatoms. The van der Waals surface area contributed by atoms with Gasteiger partial charge in [0.1, 0.15) is 0 Å². The summed E-state index contributed by atoms with van der Waals surface area (Å²) in [6, 6.07) is 8.07. The molecule has 2 amide bonds. The van der Waals surface area contributed by atoms with Crippen LogP contribution in [0.5, 0.6) is 0 Å². The first kappa shape index (κ1) is 35.2. The second-order valence-corrected chi connectivity index (χ2v) is 18.1. The maximum absolute atomic E-state index is 13.4. The zero-order valence-electron chi connectivity index (χ0n) is 31.4. The number of carbonyl (C=O) groups is 2. The van der Waals surface area contributed by atoms with Crippen molar-refractivity contribution in [2.24, 2.45) is 51.2 Å². The van der Waals surface area contributed by atoms with Crippen molar-refractivity contribution in [1.82, 2.24) is 15.5 Å². The summed E-state index contributed by atoms with van der Waals surface area (Å²) in [5, 5.41) is 6.82. The Kier molecular flexibility index (Phi) is 9.04. The smallest absolute Gasteiger partial charge is 0.337 e. The number of ether oxygens (including phenoxy) is 1. The van der Waals surface area contributed by atoms with Crippen LogP contribution < -0.4 is 10.6 Å². The van der Waals surface area contributed by atoms with E-state index < -0.39 is 0 Å². The van der Waals surface area contributed by atoms with Crippen LogP contribution >= 0.6 is 0 Å². The molecule has 48 heavy (non-hydrogen) atoms. The Morgan fingerprint density at radius 3 is 2.27 bits per heavy atom. The van der Waals surface area contributed by atoms with Gasteiger partial charge in [0.2, 0.25) is 0 Å². The molecule has 9 unspecified atom stereocenters. The molecule has 0 saturated heterocycles. The molecule has 1 aromatic rings. The van der Waals surface area contributed by atoms with Gasteiger partial charge in [-0.3, -0.25) is 0 Å². The van der Waals surface area contributed by atoms with Crippen LogP contribution in [0, 0.1) is 51.2 Å². The average Bonchev–Trinajstić information content (AvgIpc) is 3.40. The van der Waals surface area contributed by atoms with Crippen LogP contribution in [0.1, 0.15) is 115 Å². The second kappa shape index (κ2) is 12.3. The number of allylic oxidation sites excluding steroid dienone is 3. The molecule has 2 N–H and O–H groups in total. The highest BCUT2D eigenvalue weighted by atomic mass is 16.5. The lowest BCUT2D eigenvalue weighted by molar-refractivity contribution is -0.218. The van der Waals surface area contributed by atoms with E-state index in [1.807, 2.05) is 26.2 Å². The Morgan fingerprint density at radius 2 is 1.62 bits per heavy atom. The number of nitrogens with zero attached hydrogens (tertiary/aromatic N) is 1. The van der Waals surface area contributed by atoms with Gasteiger partial charge in [-0.15, -0.1) is 0 Å². The number of carbonyl (C=O) groups excluding carboxylic acids is 2. The third-order valence-corrected chi connectivity index (χ3v) is 15.5. The van der Waals surface area contributed by atoms with Gasteiger partial charge in [0.05, 0.1) is 12.7 Å². The Bertz CT molecular complexity index is 1460. The van der Waals surface area contributed by atoms with Crippen molar-refractivity contribution in [2.45, 2.75) is 105 Å². The number of benzene rings is 1. The van der Waals surface area contributed by atoms with E-state index in [1.54, 1.807) is 0 Å². The molecule has 0 radical (unpaired) electrons. The van der Waals surface area contributed by atoms with Crippen LogP contribution in [0.25, 0.3) is 5.57 Å². The van der Waals surface area contributed by atoms with Gasteiger partial charge in [0.15, 0.2) is 0 Å². The van der Waals surface area contributed by atoms with Gasteiger partial charge in [-0.2, -0.15) is 0 Å². The van der Waals surface area contributed by atoms with Crippen molar-refractivity contribution in [3.63, 3.8) is 0 Å². The number of urea groups is 1. The number of rotatable bonds is 7. The predicted molar refractivity (Wildman–Crippen MR) is 195 cm³/mol. The monoisotopic (exact) mass is 657 g/mol. The molecule has 9 atom stereocenters. The first-order valence-corrected chi connectivity index (χ1v) is 18.8. The minimum Gasteiger partial charge on any atom is -0.465 e. The molecule has 6 rings (SSSR count). The number of hydrogen-bond acceptors (Lipinski definition) is 4. The Hall–Kier alpha value is -2.60. The highest BCUT2D eigenvalue weighted by molar-refractivity contribution is 5.90. The first-order chi connectivity index (χ1) is 22.5. The van der Waals surface area contributed by atoms with Crippen molar-refractivity contribution >= 4 is 17.6 Å². The van der Waals surface area contributed by atoms with E-state index in [2.05, 4.69) is 81.9 Å². The van der Waals surface area contributed by atoms with Gasteiger partial charge < -0.3 is 20.3 Å². The molecule has 0 heterocycles. The third kappa shape index (κ3) is 5.29. The normalized spacial score (nSPS) is 39.6. The number of likely N-dealkylation sites (N-methyl/N-ethyl adjacent to an activating group) is 1. The zero-order chi connectivity index (χ0) is 34.9. The Labute approximate surface area is 290 Å². The Morgan fingerprint density at radius 1 is 0.917 bits per heavy atom. The highest BCUT2D eigenvalue weighted by Crippen LogP contribution is 2.76.